The molecule has 2 unspecified atom stereocenters. The average Bonchev–Trinajstić information content (AvgIpc) is 2.38. The number of likely N-dealkylation sites (N-methyl/N-ethyl adjacent to an activating group) is 1. The second kappa shape index (κ2) is 5.63. The minimum Gasteiger partial charge on any atom is -0.374 e. The van der Waals surface area contributed by atoms with Gasteiger partial charge in [0, 0.05) is 13.1 Å². The lowest BCUT2D eigenvalue weighted by Crippen LogP contribution is -2.46. The van der Waals surface area contributed by atoms with Gasteiger partial charge in [0.1, 0.15) is 0 Å². The van der Waals surface area contributed by atoms with Gasteiger partial charge in [-0.3, -0.25) is 4.90 Å². The number of hydrogen-bond donors (Lipinski definition) is 1. The van der Waals surface area contributed by atoms with Crippen LogP contribution in [0.5, 0.6) is 0 Å². The zero-order chi connectivity index (χ0) is 12.3. The normalized spacial score (nSPS) is 26.1. The molecule has 0 aliphatic carbocycles. The summed E-state index contributed by atoms with van der Waals surface area (Å²) in [5.74, 6) is 0. The van der Waals surface area contributed by atoms with Crippen LogP contribution < -0.4 is 5.73 Å². The first-order valence-electron chi connectivity index (χ1n) is 6.37. The van der Waals surface area contributed by atoms with Crippen molar-refractivity contribution in [2.75, 3.05) is 26.7 Å². The smallest absolute Gasteiger partial charge is 0.0894 e. The van der Waals surface area contributed by atoms with E-state index in [2.05, 4.69) is 43.1 Å². The molecule has 1 aliphatic heterocycles. The third-order valence-corrected chi connectivity index (χ3v) is 3.59. The highest BCUT2D eigenvalue weighted by Gasteiger charge is 2.31. The van der Waals surface area contributed by atoms with E-state index in [1.165, 1.54) is 11.1 Å². The standard InChI is InChI=1S/C14H22N2O/c1-3-11-6-4-5-7-12(11)14-13(10-15)17-9-8-16(14)2/h4-7,13-14H,3,8-10,15H2,1-2H3. The van der Waals surface area contributed by atoms with Gasteiger partial charge >= 0.3 is 0 Å². The average molecular weight is 234 g/mol. The first-order chi connectivity index (χ1) is 8.27. The lowest BCUT2D eigenvalue weighted by atomic mass is 9.93. The summed E-state index contributed by atoms with van der Waals surface area (Å²) in [6.07, 6.45) is 1.17. The number of aryl methyl sites for hydroxylation is 1. The Morgan fingerprint density at radius 2 is 2.18 bits per heavy atom. The molecule has 1 saturated heterocycles. The van der Waals surface area contributed by atoms with Gasteiger partial charge in [-0.2, -0.15) is 0 Å². The molecule has 17 heavy (non-hydrogen) atoms. The molecular weight excluding hydrogens is 212 g/mol. The number of morpholine rings is 1. The van der Waals surface area contributed by atoms with Crippen molar-refractivity contribution in [2.45, 2.75) is 25.5 Å². The van der Waals surface area contributed by atoms with Gasteiger partial charge in [-0.25, -0.2) is 0 Å². The Morgan fingerprint density at radius 3 is 2.88 bits per heavy atom. The van der Waals surface area contributed by atoms with Crippen molar-refractivity contribution >= 4 is 0 Å². The highest BCUT2D eigenvalue weighted by atomic mass is 16.5. The molecule has 1 aromatic carbocycles. The maximum absolute atomic E-state index is 5.83. The van der Waals surface area contributed by atoms with Crippen LogP contribution in [0.4, 0.5) is 0 Å². The molecule has 2 N–H and O–H groups in total. The van der Waals surface area contributed by atoms with Crippen molar-refractivity contribution in [3.05, 3.63) is 35.4 Å². The highest BCUT2D eigenvalue weighted by Crippen LogP contribution is 2.30. The molecule has 0 radical (unpaired) electrons. The van der Waals surface area contributed by atoms with Crippen LogP contribution in [0.15, 0.2) is 24.3 Å². The molecule has 1 aliphatic rings. The lowest BCUT2D eigenvalue weighted by molar-refractivity contribution is -0.0579. The number of rotatable bonds is 3. The Hall–Kier alpha value is -0.900. The van der Waals surface area contributed by atoms with E-state index in [-0.39, 0.29) is 6.10 Å². The van der Waals surface area contributed by atoms with Crippen LogP contribution in [-0.2, 0) is 11.2 Å². The molecule has 3 heteroatoms. The maximum atomic E-state index is 5.83. The third-order valence-electron chi connectivity index (χ3n) is 3.59. The molecule has 0 saturated carbocycles. The zero-order valence-electron chi connectivity index (χ0n) is 10.7. The first kappa shape index (κ1) is 12.6. The van der Waals surface area contributed by atoms with Crippen molar-refractivity contribution in [3.63, 3.8) is 0 Å². The summed E-state index contributed by atoms with van der Waals surface area (Å²) in [5, 5.41) is 0. The molecule has 1 fully saturated rings. The van der Waals surface area contributed by atoms with E-state index < -0.39 is 0 Å². The van der Waals surface area contributed by atoms with E-state index in [4.69, 9.17) is 10.5 Å². The summed E-state index contributed by atoms with van der Waals surface area (Å²) in [7, 11) is 2.16. The second-order valence-electron chi connectivity index (χ2n) is 4.62. The fourth-order valence-corrected chi connectivity index (χ4v) is 2.64. The van der Waals surface area contributed by atoms with Crippen molar-refractivity contribution in [1.29, 1.82) is 0 Å². The van der Waals surface area contributed by atoms with E-state index in [1.54, 1.807) is 0 Å². The second-order valence-corrected chi connectivity index (χ2v) is 4.62. The van der Waals surface area contributed by atoms with E-state index in [0.29, 0.717) is 12.6 Å². The van der Waals surface area contributed by atoms with Crippen molar-refractivity contribution in [2.24, 2.45) is 5.73 Å². The van der Waals surface area contributed by atoms with Gasteiger partial charge in [-0.05, 0) is 24.6 Å². The van der Waals surface area contributed by atoms with E-state index in [1.807, 2.05) is 0 Å². The van der Waals surface area contributed by atoms with Crippen LogP contribution >= 0.6 is 0 Å². The van der Waals surface area contributed by atoms with E-state index in [9.17, 15) is 0 Å². The van der Waals surface area contributed by atoms with Crippen LogP contribution in [0.2, 0.25) is 0 Å². The van der Waals surface area contributed by atoms with Crippen molar-refractivity contribution in [3.8, 4) is 0 Å². The molecule has 0 spiro atoms. The zero-order valence-corrected chi connectivity index (χ0v) is 10.7. The van der Waals surface area contributed by atoms with Crippen LogP contribution in [-0.4, -0.2) is 37.7 Å². The van der Waals surface area contributed by atoms with Gasteiger partial charge < -0.3 is 10.5 Å². The molecule has 0 amide bonds. The maximum Gasteiger partial charge on any atom is 0.0894 e. The number of nitrogens with zero attached hydrogens (tertiary/aromatic N) is 1. The number of benzene rings is 1. The topological polar surface area (TPSA) is 38.5 Å². The van der Waals surface area contributed by atoms with Crippen molar-refractivity contribution in [1.82, 2.24) is 4.90 Å². The molecule has 3 nitrogen and oxygen atoms in total. The predicted molar refractivity (Wildman–Crippen MR) is 70.0 cm³/mol. The van der Waals surface area contributed by atoms with Gasteiger partial charge in [-0.15, -0.1) is 0 Å². The molecule has 0 aromatic heterocycles. The Labute approximate surface area is 104 Å². The summed E-state index contributed by atoms with van der Waals surface area (Å²) >= 11 is 0. The predicted octanol–water partition coefficient (Wildman–Crippen LogP) is 1.58. The largest absolute Gasteiger partial charge is 0.374 e. The Balaban J connectivity index is 2.34. The first-order valence-corrected chi connectivity index (χ1v) is 6.37. The summed E-state index contributed by atoms with van der Waals surface area (Å²) in [6, 6.07) is 8.90. The number of ether oxygens (including phenoxy) is 1. The molecule has 1 aromatic rings. The number of hydrogen-bond acceptors (Lipinski definition) is 3. The summed E-state index contributed by atoms with van der Waals surface area (Å²) in [5.41, 5.74) is 8.60. The minimum absolute atomic E-state index is 0.112. The minimum atomic E-state index is 0.112. The quantitative estimate of drug-likeness (QED) is 0.863. The Morgan fingerprint density at radius 1 is 1.41 bits per heavy atom. The molecule has 2 atom stereocenters. The molecular formula is C14H22N2O. The van der Waals surface area contributed by atoms with E-state index in [0.717, 1.165) is 19.6 Å². The fourth-order valence-electron chi connectivity index (χ4n) is 2.64. The summed E-state index contributed by atoms with van der Waals surface area (Å²) < 4.78 is 5.80. The lowest BCUT2D eigenvalue weighted by Gasteiger charge is -2.39. The molecule has 2 rings (SSSR count). The Kier molecular flexibility index (Phi) is 4.15. The monoisotopic (exact) mass is 234 g/mol. The summed E-state index contributed by atoms with van der Waals surface area (Å²) in [4.78, 5) is 2.36. The highest BCUT2D eigenvalue weighted by molar-refractivity contribution is 5.31. The summed E-state index contributed by atoms with van der Waals surface area (Å²) in [6.45, 7) is 4.52. The van der Waals surface area contributed by atoms with Crippen molar-refractivity contribution < 1.29 is 4.74 Å². The number of nitrogens with two attached hydrogens (primary N) is 1. The third kappa shape index (κ3) is 2.51. The van der Waals surface area contributed by atoms with Gasteiger partial charge in [0.05, 0.1) is 18.8 Å². The Bertz CT molecular complexity index is 367. The van der Waals surface area contributed by atoms with Gasteiger partial charge in [0.15, 0.2) is 0 Å². The molecule has 94 valence electrons. The van der Waals surface area contributed by atoms with Crippen LogP contribution in [0.1, 0.15) is 24.1 Å². The van der Waals surface area contributed by atoms with Crippen LogP contribution in [0.25, 0.3) is 0 Å². The molecule has 1 heterocycles. The fraction of sp³-hybridized carbons (Fsp3) is 0.571. The van der Waals surface area contributed by atoms with Gasteiger partial charge in [-0.1, -0.05) is 31.2 Å². The van der Waals surface area contributed by atoms with Gasteiger partial charge in [0.2, 0.25) is 0 Å². The van der Waals surface area contributed by atoms with Crippen LogP contribution in [0.3, 0.4) is 0 Å². The van der Waals surface area contributed by atoms with Gasteiger partial charge in [0.25, 0.3) is 0 Å². The SMILES string of the molecule is CCc1ccccc1C1C(CN)OCCN1C. The van der Waals surface area contributed by atoms with E-state index >= 15 is 0 Å². The van der Waals surface area contributed by atoms with Crippen LogP contribution in [0, 0.1) is 0 Å². The molecule has 0 bridgehead atoms.